The fraction of sp³-hybridized carbons (Fsp3) is 0.467. The number of hydrogen-bond donors (Lipinski definition) is 2. The smallest absolute Gasteiger partial charge is 0.119 e. The van der Waals surface area contributed by atoms with Crippen molar-refractivity contribution < 1.29 is 9.84 Å². The van der Waals surface area contributed by atoms with Crippen LogP contribution < -0.4 is 10.1 Å². The van der Waals surface area contributed by atoms with E-state index in [2.05, 4.69) is 23.2 Å². The number of rotatable bonds is 6. The molecule has 18 heavy (non-hydrogen) atoms. The van der Waals surface area contributed by atoms with E-state index < -0.39 is 6.10 Å². The number of aliphatic hydroxyl groups is 1. The largest absolute Gasteiger partial charge is 0.491 e. The van der Waals surface area contributed by atoms with E-state index in [9.17, 15) is 5.11 Å². The van der Waals surface area contributed by atoms with Gasteiger partial charge in [-0.05, 0) is 44.0 Å². The van der Waals surface area contributed by atoms with Gasteiger partial charge in [0.15, 0.2) is 0 Å². The molecular formula is C15H21NO2. The molecule has 0 heterocycles. The van der Waals surface area contributed by atoms with Crippen molar-refractivity contribution in [1.82, 2.24) is 5.32 Å². The molecule has 0 saturated carbocycles. The van der Waals surface area contributed by atoms with Gasteiger partial charge in [0.25, 0.3) is 0 Å². The van der Waals surface area contributed by atoms with Gasteiger partial charge in [0, 0.05) is 6.54 Å². The zero-order chi connectivity index (χ0) is 13.4. The molecule has 0 spiro atoms. The number of hydrogen-bond acceptors (Lipinski definition) is 3. The summed E-state index contributed by atoms with van der Waals surface area (Å²) in [5, 5.41) is 12.8. The first-order valence-corrected chi connectivity index (χ1v) is 6.11. The third-order valence-electron chi connectivity index (χ3n) is 2.41. The van der Waals surface area contributed by atoms with E-state index in [0.29, 0.717) is 13.1 Å². The molecule has 1 unspecified atom stereocenters. The highest BCUT2D eigenvalue weighted by molar-refractivity contribution is 5.32. The average Bonchev–Trinajstić information content (AvgIpc) is 2.31. The average molecular weight is 247 g/mol. The molecule has 3 nitrogen and oxygen atoms in total. The van der Waals surface area contributed by atoms with E-state index in [1.165, 1.54) is 0 Å². The van der Waals surface area contributed by atoms with E-state index in [0.717, 1.165) is 16.9 Å². The molecule has 0 saturated heterocycles. The molecule has 0 aliphatic carbocycles. The highest BCUT2D eigenvalue weighted by Crippen LogP contribution is 2.16. The van der Waals surface area contributed by atoms with Crippen molar-refractivity contribution in [3.05, 3.63) is 29.3 Å². The maximum absolute atomic E-state index is 9.71. The summed E-state index contributed by atoms with van der Waals surface area (Å²) in [5.41, 5.74) is 2.33. The molecule has 0 fully saturated rings. The highest BCUT2D eigenvalue weighted by Gasteiger charge is 2.04. The summed E-state index contributed by atoms with van der Waals surface area (Å²) < 4.78 is 5.56. The molecule has 1 aromatic carbocycles. The van der Waals surface area contributed by atoms with Crippen molar-refractivity contribution in [2.45, 2.75) is 26.9 Å². The van der Waals surface area contributed by atoms with Crippen LogP contribution in [0.4, 0.5) is 0 Å². The van der Waals surface area contributed by atoms with Gasteiger partial charge in [-0.2, -0.15) is 0 Å². The van der Waals surface area contributed by atoms with Gasteiger partial charge in [-0.15, -0.1) is 5.92 Å². The summed E-state index contributed by atoms with van der Waals surface area (Å²) in [6.07, 6.45) is -0.524. The van der Waals surface area contributed by atoms with E-state index in [4.69, 9.17) is 4.74 Å². The van der Waals surface area contributed by atoms with Gasteiger partial charge < -0.3 is 15.2 Å². The van der Waals surface area contributed by atoms with Gasteiger partial charge in [-0.3, -0.25) is 0 Å². The molecule has 3 heteroatoms. The van der Waals surface area contributed by atoms with Gasteiger partial charge in [-0.1, -0.05) is 12.0 Å². The first-order chi connectivity index (χ1) is 8.61. The number of aryl methyl sites for hydroxylation is 2. The summed E-state index contributed by atoms with van der Waals surface area (Å²) >= 11 is 0. The molecule has 1 atom stereocenters. The first kappa shape index (κ1) is 14.6. The second-order valence-corrected chi connectivity index (χ2v) is 4.35. The van der Waals surface area contributed by atoms with Crippen LogP contribution in [0.25, 0.3) is 0 Å². The van der Waals surface area contributed by atoms with E-state index in [-0.39, 0.29) is 6.61 Å². The fourth-order valence-corrected chi connectivity index (χ4v) is 1.66. The van der Waals surface area contributed by atoms with Crippen molar-refractivity contribution in [3.63, 3.8) is 0 Å². The minimum atomic E-state index is -0.524. The Labute approximate surface area is 109 Å². The van der Waals surface area contributed by atoms with Crippen molar-refractivity contribution in [2.75, 3.05) is 19.7 Å². The molecule has 2 N–H and O–H groups in total. The quantitative estimate of drug-likeness (QED) is 0.593. The molecule has 0 radical (unpaired) electrons. The predicted molar refractivity (Wildman–Crippen MR) is 73.7 cm³/mol. The lowest BCUT2D eigenvalue weighted by atomic mass is 10.1. The first-order valence-electron chi connectivity index (χ1n) is 6.11. The van der Waals surface area contributed by atoms with Crippen molar-refractivity contribution in [1.29, 1.82) is 0 Å². The second kappa shape index (κ2) is 7.75. The standard InChI is InChI=1S/C15H21NO2/c1-4-5-6-16-10-14(17)11-18-15-8-12(2)7-13(3)9-15/h7-9,14,16-17H,6,10-11H2,1-3H3. The molecule has 1 aromatic rings. The lowest BCUT2D eigenvalue weighted by molar-refractivity contribution is 0.107. The van der Waals surface area contributed by atoms with E-state index >= 15 is 0 Å². The summed E-state index contributed by atoms with van der Waals surface area (Å²) in [5.74, 6) is 6.47. The van der Waals surface area contributed by atoms with Crippen molar-refractivity contribution >= 4 is 0 Å². The van der Waals surface area contributed by atoms with Crippen LogP contribution in [0.15, 0.2) is 18.2 Å². The summed E-state index contributed by atoms with van der Waals surface area (Å²) in [6.45, 7) is 7.22. The monoisotopic (exact) mass is 247 g/mol. The van der Waals surface area contributed by atoms with Gasteiger partial charge in [0.05, 0.1) is 6.54 Å². The minimum Gasteiger partial charge on any atom is -0.491 e. The Morgan fingerprint density at radius 3 is 2.56 bits per heavy atom. The summed E-state index contributed by atoms with van der Waals surface area (Å²) in [4.78, 5) is 0. The van der Waals surface area contributed by atoms with Crippen LogP contribution in [0, 0.1) is 25.7 Å². The third-order valence-corrected chi connectivity index (χ3v) is 2.41. The number of benzene rings is 1. The Morgan fingerprint density at radius 1 is 1.28 bits per heavy atom. The molecule has 0 aromatic heterocycles. The van der Waals surface area contributed by atoms with E-state index in [1.54, 1.807) is 6.92 Å². The fourth-order valence-electron chi connectivity index (χ4n) is 1.66. The summed E-state index contributed by atoms with van der Waals surface area (Å²) in [7, 11) is 0. The Morgan fingerprint density at radius 2 is 1.94 bits per heavy atom. The van der Waals surface area contributed by atoms with E-state index in [1.807, 2.05) is 26.0 Å². The molecular weight excluding hydrogens is 226 g/mol. The molecule has 0 amide bonds. The Kier molecular flexibility index (Phi) is 6.27. The van der Waals surface area contributed by atoms with Gasteiger partial charge in [0.1, 0.15) is 18.5 Å². The normalized spacial score (nSPS) is 11.6. The number of nitrogens with one attached hydrogen (secondary N) is 1. The minimum absolute atomic E-state index is 0.287. The highest BCUT2D eigenvalue weighted by atomic mass is 16.5. The molecule has 98 valence electrons. The molecule has 0 aliphatic heterocycles. The maximum Gasteiger partial charge on any atom is 0.119 e. The SMILES string of the molecule is CC#CCNCC(O)COc1cc(C)cc(C)c1. The predicted octanol–water partition coefficient (Wildman–Crippen LogP) is 1.66. The van der Waals surface area contributed by atoms with Crippen LogP contribution in [-0.2, 0) is 0 Å². The number of ether oxygens (including phenoxy) is 1. The van der Waals surface area contributed by atoms with Crippen LogP contribution in [0.5, 0.6) is 5.75 Å². The topological polar surface area (TPSA) is 41.5 Å². The second-order valence-electron chi connectivity index (χ2n) is 4.35. The summed E-state index contributed by atoms with van der Waals surface area (Å²) in [6, 6.07) is 6.03. The van der Waals surface area contributed by atoms with Gasteiger partial charge >= 0.3 is 0 Å². The van der Waals surface area contributed by atoms with Gasteiger partial charge in [-0.25, -0.2) is 0 Å². The Balaban J connectivity index is 2.32. The molecule has 1 rings (SSSR count). The van der Waals surface area contributed by atoms with Crippen LogP contribution in [0.1, 0.15) is 18.1 Å². The van der Waals surface area contributed by atoms with Gasteiger partial charge in [0.2, 0.25) is 0 Å². The Bertz CT molecular complexity index is 412. The van der Waals surface area contributed by atoms with Crippen molar-refractivity contribution in [2.24, 2.45) is 0 Å². The van der Waals surface area contributed by atoms with Crippen LogP contribution >= 0.6 is 0 Å². The number of aliphatic hydroxyl groups excluding tert-OH is 1. The Hall–Kier alpha value is -1.50. The molecule has 0 bridgehead atoms. The zero-order valence-electron chi connectivity index (χ0n) is 11.3. The third kappa shape index (κ3) is 5.72. The van der Waals surface area contributed by atoms with Crippen LogP contribution in [-0.4, -0.2) is 30.9 Å². The zero-order valence-corrected chi connectivity index (χ0v) is 11.3. The molecule has 0 aliphatic rings. The van der Waals surface area contributed by atoms with Crippen molar-refractivity contribution in [3.8, 4) is 17.6 Å². The van der Waals surface area contributed by atoms with Crippen LogP contribution in [0.2, 0.25) is 0 Å². The lowest BCUT2D eigenvalue weighted by Crippen LogP contribution is -2.31. The van der Waals surface area contributed by atoms with Crippen LogP contribution in [0.3, 0.4) is 0 Å². The lowest BCUT2D eigenvalue weighted by Gasteiger charge is -2.13. The maximum atomic E-state index is 9.71.